The molecule has 0 bridgehead atoms. The van der Waals surface area contributed by atoms with Gasteiger partial charge in [-0.1, -0.05) is 42.1 Å². The molecule has 2 heterocycles. The fraction of sp³-hybridized carbons (Fsp3) is 0.211. The summed E-state index contributed by atoms with van der Waals surface area (Å²) in [6.45, 7) is 0. The molecule has 1 unspecified atom stereocenters. The first-order chi connectivity index (χ1) is 13.2. The van der Waals surface area contributed by atoms with Gasteiger partial charge in [0, 0.05) is 10.8 Å². The van der Waals surface area contributed by atoms with Crippen molar-refractivity contribution in [1.82, 2.24) is 10.3 Å². The number of para-hydroxylation sites is 2. The third-order valence-electron chi connectivity index (χ3n) is 4.42. The molecule has 8 heteroatoms. The Morgan fingerprint density at radius 1 is 1.11 bits per heavy atom. The number of hydrazone groups is 1. The van der Waals surface area contributed by atoms with Gasteiger partial charge in [0.15, 0.2) is 22.8 Å². The van der Waals surface area contributed by atoms with E-state index >= 15 is 0 Å². The van der Waals surface area contributed by atoms with E-state index in [4.69, 9.17) is 14.5 Å². The summed E-state index contributed by atoms with van der Waals surface area (Å²) < 4.78 is 11.0. The van der Waals surface area contributed by atoms with Crippen LogP contribution in [0, 0.1) is 0 Å². The third kappa shape index (κ3) is 2.82. The second-order valence-corrected chi connectivity index (χ2v) is 6.65. The van der Waals surface area contributed by atoms with Crippen LogP contribution in [0.1, 0.15) is 11.7 Å². The van der Waals surface area contributed by atoms with Gasteiger partial charge in [-0.2, -0.15) is 0 Å². The SMILES string of the molecule is COc1cccc(C2N=c3ccccc3=C3C(=O)NC(SC)=NN32)c1OC. The molecular formula is C19H18N4O3S. The third-order valence-corrected chi connectivity index (χ3v) is 4.99. The topological polar surface area (TPSA) is 75.5 Å². The molecule has 0 radical (unpaired) electrons. The number of nitrogens with one attached hydrogen (secondary N) is 1. The zero-order valence-electron chi connectivity index (χ0n) is 15.1. The van der Waals surface area contributed by atoms with Gasteiger partial charge in [0.25, 0.3) is 5.91 Å². The van der Waals surface area contributed by atoms with Crippen LogP contribution < -0.4 is 25.4 Å². The fourth-order valence-corrected chi connectivity index (χ4v) is 3.60. The first kappa shape index (κ1) is 17.4. The molecule has 0 aliphatic carbocycles. The molecule has 1 atom stereocenters. The number of rotatable bonds is 3. The first-order valence-corrected chi connectivity index (χ1v) is 9.51. The minimum atomic E-state index is -0.548. The number of fused-ring (bicyclic) bond motifs is 2. The number of amidine groups is 1. The van der Waals surface area contributed by atoms with Gasteiger partial charge < -0.3 is 9.47 Å². The normalized spacial score (nSPS) is 18.0. The number of amides is 1. The average molecular weight is 382 g/mol. The molecule has 138 valence electrons. The lowest BCUT2D eigenvalue weighted by Crippen LogP contribution is -2.50. The molecule has 2 aliphatic rings. The number of thioether (sulfide) groups is 1. The maximum Gasteiger partial charge on any atom is 0.276 e. The van der Waals surface area contributed by atoms with E-state index in [9.17, 15) is 4.79 Å². The van der Waals surface area contributed by atoms with Crippen LogP contribution in [0.5, 0.6) is 11.5 Å². The summed E-state index contributed by atoms with van der Waals surface area (Å²) >= 11 is 1.37. The molecule has 0 fully saturated rings. The van der Waals surface area contributed by atoms with Gasteiger partial charge in [-0.25, -0.2) is 5.01 Å². The van der Waals surface area contributed by atoms with Crippen LogP contribution in [0.2, 0.25) is 0 Å². The van der Waals surface area contributed by atoms with Gasteiger partial charge >= 0.3 is 0 Å². The van der Waals surface area contributed by atoms with Gasteiger partial charge in [0.2, 0.25) is 0 Å². The van der Waals surface area contributed by atoms with Gasteiger partial charge in [0.05, 0.1) is 19.6 Å². The van der Waals surface area contributed by atoms with Crippen molar-refractivity contribution in [2.75, 3.05) is 20.5 Å². The van der Waals surface area contributed by atoms with E-state index in [0.29, 0.717) is 22.4 Å². The fourth-order valence-electron chi connectivity index (χ4n) is 3.24. The van der Waals surface area contributed by atoms with Crippen LogP contribution in [0.4, 0.5) is 0 Å². The minimum Gasteiger partial charge on any atom is -0.493 e. The zero-order chi connectivity index (χ0) is 19.0. The van der Waals surface area contributed by atoms with Gasteiger partial charge in [-0.05, 0) is 18.4 Å². The van der Waals surface area contributed by atoms with E-state index < -0.39 is 6.17 Å². The molecule has 7 nitrogen and oxygen atoms in total. The van der Waals surface area contributed by atoms with E-state index in [1.165, 1.54) is 11.8 Å². The highest BCUT2D eigenvalue weighted by Gasteiger charge is 2.35. The Morgan fingerprint density at radius 2 is 1.93 bits per heavy atom. The lowest BCUT2D eigenvalue weighted by atomic mass is 10.1. The van der Waals surface area contributed by atoms with Crippen LogP contribution in [0.15, 0.2) is 52.6 Å². The average Bonchev–Trinajstić information content (AvgIpc) is 2.71. The van der Waals surface area contributed by atoms with E-state index in [0.717, 1.165) is 16.1 Å². The lowest BCUT2D eigenvalue weighted by molar-refractivity contribution is -0.116. The van der Waals surface area contributed by atoms with Crippen molar-refractivity contribution >= 4 is 28.5 Å². The van der Waals surface area contributed by atoms with Crippen molar-refractivity contribution in [3.63, 3.8) is 0 Å². The van der Waals surface area contributed by atoms with Gasteiger partial charge in [0.1, 0.15) is 5.70 Å². The molecule has 2 aliphatic heterocycles. The highest BCUT2D eigenvalue weighted by atomic mass is 32.2. The summed E-state index contributed by atoms with van der Waals surface area (Å²) in [6.07, 6.45) is 1.31. The van der Waals surface area contributed by atoms with Crippen LogP contribution in [0.3, 0.4) is 0 Å². The van der Waals surface area contributed by atoms with Crippen LogP contribution in [0.25, 0.3) is 5.70 Å². The monoisotopic (exact) mass is 382 g/mol. The molecule has 0 saturated carbocycles. The molecule has 0 aromatic heterocycles. The van der Waals surface area contributed by atoms with E-state index in [-0.39, 0.29) is 5.91 Å². The molecule has 2 aromatic rings. The first-order valence-electron chi connectivity index (χ1n) is 8.29. The van der Waals surface area contributed by atoms with Crippen molar-refractivity contribution in [3.05, 3.63) is 58.6 Å². The van der Waals surface area contributed by atoms with Crippen molar-refractivity contribution in [1.29, 1.82) is 0 Å². The summed E-state index contributed by atoms with van der Waals surface area (Å²) in [4.78, 5) is 17.7. The Bertz CT molecular complexity index is 1070. The molecule has 0 spiro atoms. The number of ether oxygens (including phenoxy) is 2. The standard InChI is InChI=1S/C19H18N4O3S/c1-25-14-10-6-8-12(16(14)26-2)17-20-13-9-5-4-7-11(13)15-18(24)21-19(27-3)22-23(15)17/h4-10,17H,1-3H3,(H,21,22,24). The molecule has 4 rings (SSSR count). The zero-order valence-corrected chi connectivity index (χ0v) is 15.9. The van der Waals surface area contributed by atoms with Crippen molar-refractivity contribution < 1.29 is 14.3 Å². The Kier molecular flexibility index (Phi) is 4.49. The molecule has 1 N–H and O–H groups in total. The molecule has 0 saturated heterocycles. The number of methoxy groups -OCH3 is 2. The predicted molar refractivity (Wildman–Crippen MR) is 104 cm³/mol. The molecule has 2 aromatic carbocycles. The van der Waals surface area contributed by atoms with Crippen LogP contribution in [-0.2, 0) is 4.79 Å². The van der Waals surface area contributed by atoms with E-state index in [1.807, 2.05) is 48.7 Å². The minimum absolute atomic E-state index is 0.205. The lowest BCUT2D eigenvalue weighted by Gasteiger charge is -2.34. The number of hydrogen-bond acceptors (Lipinski definition) is 7. The van der Waals surface area contributed by atoms with E-state index in [1.54, 1.807) is 19.2 Å². The summed E-state index contributed by atoms with van der Waals surface area (Å²) in [5.74, 6) is 0.962. The summed E-state index contributed by atoms with van der Waals surface area (Å²) in [7, 11) is 3.17. The summed E-state index contributed by atoms with van der Waals surface area (Å²) in [6, 6.07) is 13.1. The number of benzene rings is 2. The quantitative estimate of drug-likeness (QED) is 0.864. The Labute approximate surface area is 160 Å². The molecule has 27 heavy (non-hydrogen) atoms. The summed E-state index contributed by atoms with van der Waals surface area (Å²) in [5, 5.41) is 11.1. The van der Waals surface area contributed by atoms with Gasteiger partial charge in [-0.3, -0.25) is 15.1 Å². The van der Waals surface area contributed by atoms with Crippen LogP contribution in [-0.4, -0.2) is 36.6 Å². The number of carbonyl (C=O) groups excluding carboxylic acids is 1. The maximum absolute atomic E-state index is 12.8. The molecule has 1 amide bonds. The smallest absolute Gasteiger partial charge is 0.276 e. The van der Waals surface area contributed by atoms with Crippen molar-refractivity contribution in [2.45, 2.75) is 6.17 Å². The van der Waals surface area contributed by atoms with Crippen LogP contribution >= 0.6 is 11.8 Å². The van der Waals surface area contributed by atoms with E-state index in [2.05, 4.69) is 10.4 Å². The largest absolute Gasteiger partial charge is 0.493 e. The number of nitrogens with zero attached hydrogens (tertiary/aromatic N) is 3. The highest BCUT2D eigenvalue weighted by molar-refractivity contribution is 8.13. The van der Waals surface area contributed by atoms with Crippen molar-refractivity contribution in [2.24, 2.45) is 10.1 Å². The number of hydrogen-bond donors (Lipinski definition) is 1. The number of carbonyl (C=O) groups is 1. The summed E-state index contributed by atoms with van der Waals surface area (Å²) in [5.41, 5.74) is 1.23. The van der Waals surface area contributed by atoms with Gasteiger partial charge in [-0.15, -0.1) is 5.10 Å². The Balaban J connectivity index is 2.00. The second-order valence-electron chi connectivity index (χ2n) is 5.86. The highest BCUT2D eigenvalue weighted by Crippen LogP contribution is 2.40. The molecular weight excluding hydrogens is 364 g/mol. The Hall–Kier alpha value is -3.00. The second kappa shape index (κ2) is 6.96. The predicted octanol–water partition coefficient (Wildman–Crippen LogP) is 1.21. The Morgan fingerprint density at radius 3 is 2.67 bits per heavy atom. The van der Waals surface area contributed by atoms with Crippen molar-refractivity contribution in [3.8, 4) is 11.5 Å². The maximum atomic E-state index is 12.8.